The van der Waals surface area contributed by atoms with Gasteiger partial charge in [0.1, 0.15) is 17.3 Å². The summed E-state index contributed by atoms with van der Waals surface area (Å²) in [5.41, 5.74) is -0.132. The summed E-state index contributed by atoms with van der Waals surface area (Å²) in [6.07, 6.45) is 0. The molecule has 1 aromatic heterocycles. The van der Waals surface area contributed by atoms with E-state index in [1.54, 1.807) is 31.2 Å². The first-order chi connectivity index (χ1) is 13.4. The zero-order chi connectivity index (χ0) is 20.3. The predicted molar refractivity (Wildman–Crippen MR) is 97.2 cm³/mol. The van der Waals surface area contributed by atoms with E-state index in [-0.39, 0.29) is 23.7 Å². The normalized spacial score (nSPS) is 10.6. The van der Waals surface area contributed by atoms with Crippen molar-refractivity contribution in [2.45, 2.75) is 6.92 Å². The average Bonchev–Trinajstić information content (AvgIpc) is 3.08. The van der Waals surface area contributed by atoms with Gasteiger partial charge in [-0.15, -0.1) is 0 Å². The third-order valence-electron chi connectivity index (χ3n) is 3.69. The highest BCUT2D eigenvalue weighted by molar-refractivity contribution is 6.30. The SMILES string of the molecule is CCOC(=O)c1c(-c2ccc(Cl)cc2)noc1NC(=O)c1cc(F)ccc1F. The number of hydrogen-bond donors (Lipinski definition) is 1. The number of ether oxygens (including phenoxy) is 1. The van der Waals surface area contributed by atoms with E-state index in [1.807, 2.05) is 0 Å². The van der Waals surface area contributed by atoms with Crippen LogP contribution in [0.2, 0.25) is 5.02 Å². The summed E-state index contributed by atoms with van der Waals surface area (Å²) in [7, 11) is 0. The fourth-order valence-corrected chi connectivity index (χ4v) is 2.54. The average molecular weight is 407 g/mol. The van der Waals surface area contributed by atoms with Gasteiger partial charge in [-0.25, -0.2) is 13.6 Å². The fourth-order valence-electron chi connectivity index (χ4n) is 2.41. The van der Waals surface area contributed by atoms with E-state index >= 15 is 0 Å². The van der Waals surface area contributed by atoms with Gasteiger partial charge in [-0.05, 0) is 37.3 Å². The van der Waals surface area contributed by atoms with Crippen molar-refractivity contribution in [2.75, 3.05) is 11.9 Å². The van der Waals surface area contributed by atoms with Crippen LogP contribution >= 0.6 is 11.6 Å². The first kappa shape index (κ1) is 19.5. The van der Waals surface area contributed by atoms with Gasteiger partial charge in [0.25, 0.3) is 5.91 Å². The monoisotopic (exact) mass is 406 g/mol. The molecule has 3 rings (SSSR count). The van der Waals surface area contributed by atoms with Gasteiger partial charge in [0.15, 0.2) is 5.56 Å². The molecule has 0 saturated carbocycles. The highest BCUT2D eigenvalue weighted by Crippen LogP contribution is 2.31. The van der Waals surface area contributed by atoms with Crippen molar-refractivity contribution in [3.63, 3.8) is 0 Å². The predicted octanol–water partition coefficient (Wildman–Crippen LogP) is 4.70. The van der Waals surface area contributed by atoms with E-state index in [0.29, 0.717) is 10.6 Å². The lowest BCUT2D eigenvalue weighted by Gasteiger charge is -2.06. The largest absolute Gasteiger partial charge is 0.462 e. The number of anilines is 1. The van der Waals surface area contributed by atoms with Crippen LogP contribution in [0.1, 0.15) is 27.6 Å². The molecule has 0 aliphatic carbocycles. The Labute approximate surface area is 163 Å². The van der Waals surface area contributed by atoms with Crippen molar-refractivity contribution in [1.29, 1.82) is 0 Å². The third-order valence-corrected chi connectivity index (χ3v) is 3.94. The number of amides is 1. The van der Waals surface area contributed by atoms with E-state index in [9.17, 15) is 18.4 Å². The van der Waals surface area contributed by atoms with E-state index in [2.05, 4.69) is 10.5 Å². The molecule has 3 aromatic rings. The van der Waals surface area contributed by atoms with Crippen LogP contribution in [0.25, 0.3) is 11.3 Å². The second-order valence-corrected chi connectivity index (χ2v) is 5.98. The number of halogens is 3. The number of nitrogens with one attached hydrogen (secondary N) is 1. The summed E-state index contributed by atoms with van der Waals surface area (Å²) < 4.78 is 37.2. The molecule has 0 radical (unpaired) electrons. The van der Waals surface area contributed by atoms with Crippen molar-refractivity contribution in [1.82, 2.24) is 5.16 Å². The Kier molecular flexibility index (Phi) is 5.70. The highest BCUT2D eigenvalue weighted by atomic mass is 35.5. The maximum absolute atomic E-state index is 13.8. The standard InChI is InChI=1S/C19H13ClF2N2O4/c1-2-27-19(26)15-16(10-3-5-11(20)6-4-10)24-28-18(15)23-17(25)13-9-12(21)7-8-14(13)22/h3-9H,2H2,1H3,(H,23,25). The lowest BCUT2D eigenvalue weighted by molar-refractivity contribution is 0.0528. The van der Waals surface area contributed by atoms with Gasteiger partial charge in [0.05, 0.1) is 12.2 Å². The molecule has 0 saturated heterocycles. The Morgan fingerprint density at radius 2 is 1.89 bits per heavy atom. The van der Waals surface area contributed by atoms with Crippen LogP contribution in [0.4, 0.5) is 14.7 Å². The van der Waals surface area contributed by atoms with Gasteiger partial charge in [-0.1, -0.05) is 28.9 Å². The molecule has 6 nitrogen and oxygen atoms in total. The molecule has 1 N–H and O–H groups in total. The number of benzene rings is 2. The summed E-state index contributed by atoms with van der Waals surface area (Å²) in [6, 6.07) is 8.79. The van der Waals surface area contributed by atoms with Crippen LogP contribution < -0.4 is 5.32 Å². The zero-order valence-electron chi connectivity index (χ0n) is 14.5. The van der Waals surface area contributed by atoms with Crippen molar-refractivity contribution >= 4 is 29.4 Å². The molecule has 0 fully saturated rings. The molecule has 9 heteroatoms. The molecule has 1 heterocycles. The number of rotatable bonds is 5. The number of esters is 1. The van der Waals surface area contributed by atoms with Crippen molar-refractivity contribution in [2.24, 2.45) is 0 Å². The molecule has 1 amide bonds. The van der Waals surface area contributed by atoms with Gasteiger partial charge in [-0.3, -0.25) is 10.1 Å². The second-order valence-electron chi connectivity index (χ2n) is 5.54. The van der Waals surface area contributed by atoms with Crippen LogP contribution in [0.3, 0.4) is 0 Å². The quantitative estimate of drug-likeness (QED) is 0.621. The molecule has 0 aliphatic heterocycles. The smallest absolute Gasteiger partial charge is 0.346 e. The number of carbonyl (C=O) groups excluding carboxylic acids is 2. The Morgan fingerprint density at radius 3 is 2.57 bits per heavy atom. The summed E-state index contributed by atoms with van der Waals surface area (Å²) in [5, 5.41) is 6.51. The lowest BCUT2D eigenvalue weighted by Crippen LogP contribution is -2.16. The van der Waals surface area contributed by atoms with Crippen LogP contribution in [-0.4, -0.2) is 23.6 Å². The van der Waals surface area contributed by atoms with E-state index in [4.69, 9.17) is 20.9 Å². The second kappa shape index (κ2) is 8.18. The Balaban J connectivity index is 2.01. The van der Waals surface area contributed by atoms with Crippen molar-refractivity contribution in [3.05, 3.63) is 70.2 Å². The number of nitrogens with zero attached hydrogens (tertiary/aromatic N) is 1. The van der Waals surface area contributed by atoms with Gasteiger partial charge in [0.2, 0.25) is 5.88 Å². The van der Waals surface area contributed by atoms with Crippen LogP contribution in [0.5, 0.6) is 0 Å². The summed E-state index contributed by atoms with van der Waals surface area (Å²) >= 11 is 5.86. The molecule has 28 heavy (non-hydrogen) atoms. The summed E-state index contributed by atoms with van der Waals surface area (Å²) in [6.45, 7) is 1.67. The molecule has 2 aromatic carbocycles. The summed E-state index contributed by atoms with van der Waals surface area (Å²) in [5.74, 6) is -3.90. The molecular weight excluding hydrogens is 394 g/mol. The third kappa shape index (κ3) is 4.01. The maximum Gasteiger partial charge on any atom is 0.346 e. The minimum Gasteiger partial charge on any atom is -0.462 e. The minimum atomic E-state index is -1.01. The minimum absolute atomic E-state index is 0.0655. The molecule has 0 atom stereocenters. The number of carbonyl (C=O) groups is 2. The number of hydrogen-bond acceptors (Lipinski definition) is 5. The van der Waals surface area contributed by atoms with Crippen molar-refractivity contribution < 1.29 is 27.6 Å². The van der Waals surface area contributed by atoms with Gasteiger partial charge < -0.3 is 9.26 Å². The van der Waals surface area contributed by atoms with E-state index < -0.39 is 29.1 Å². The van der Waals surface area contributed by atoms with Gasteiger partial charge in [0, 0.05) is 10.6 Å². The molecule has 0 spiro atoms. The van der Waals surface area contributed by atoms with Gasteiger partial charge in [-0.2, -0.15) is 0 Å². The number of aromatic nitrogens is 1. The maximum atomic E-state index is 13.8. The summed E-state index contributed by atoms with van der Waals surface area (Å²) in [4.78, 5) is 24.7. The first-order valence-corrected chi connectivity index (χ1v) is 8.47. The molecule has 0 unspecified atom stereocenters. The van der Waals surface area contributed by atoms with Crippen molar-refractivity contribution in [3.8, 4) is 11.3 Å². The molecular formula is C19H13ClF2N2O4. The van der Waals surface area contributed by atoms with Gasteiger partial charge >= 0.3 is 5.97 Å². The molecule has 0 aliphatic rings. The van der Waals surface area contributed by atoms with Crippen LogP contribution in [0.15, 0.2) is 47.0 Å². The fraction of sp³-hybridized carbons (Fsp3) is 0.105. The Morgan fingerprint density at radius 1 is 1.18 bits per heavy atom. The lowest BCUT2D eigenvalue weighted by atomic mass is 10.1. The topological polar surface area (TPSA) is 81.4 Å². The molecule has 144 valence electrons. The first-order valence-electron chi connectivity index (χ1n) is 8.09. The van der Waals surface area contributed by atoms with E-state index in [1.165, 1.54) is 0 Å². The molecule has 0 bridgehead atoms. The highest BCUT2D eigenvalue weighted by Gasteiger charge is 2.27. The van der Waals surface area contributed by atoms with Crippen LogP contribution in [-0.2, 0) is 4.74 Å². The Bertz CT molecular complexity index is 1030. The van der Waals surface area contributed by atoms with Crippen LogP contribution in [0, 0.1) is 11.6 Å². The Hall–Kier alpha value is -3.26. The van der Waals surface area contributed by atoms with E-state index in [0.717, 1.165) is 18.2 Å². The zero-order valence-corrected chi connectivity index (χ0v) is 15.2.